The Morgan fingerprint density at radius 1 is 1.44 bits per heavy atom. The predicted octanol–water partition coefficient (Wildman–Crippen LogP) is 3.73. The first-order valence-corrected chi connectivity index (χ1v) is 7.10. The molecule has 100 valence electrons. The van der Waals surface area contributed by atoms with E-state index in [-0.39, 0.29) is 5.41 Å². The molecular weight excluding hydrogens is 267 g/mol. The van der Waals surface area contributed by atoms with E-state index < -0.39 is 0 Å². The third kappa shape index (κ3) is 2.83. The number of nitrogens with zero attached hydrogens (tertiary/aromatic N) is 1. The minimum atomic E-state index is 0.243. The average molecular weight is 287 g/mol. The zero-order chi connectivity index (χ0) is 13.3. The van der Waals surface area contributed by atoms with Gasteiger partial charge in [0.1, 0.15) is 0 Å². The Morgan fingerprint density at radius 2 is 2.17 bits per heavy atom. The summed E-state index contributed by atoms with van der Waals surface area (Å²) in [6.45, 7) is 7.29. The molecule has 1 fully saturated rings. The minimum absolute atomic E-state index is 0.243. The van der Waals surface area contributed by atoms with Crippen molar-refractivity contribution in [2.24, 2.45) is 11.1 Å². The second-order valence-electron chi connectivity index (χ2n) is 5.58. The number of nitrogens with two attached hydrogens (primary N) is 1. The Morgan fingerprint density at radius 3 is 2.72 bits per heavy atom. The Bertz CT molecular complexity index is 436. The zero-order valence-corrected chi connectivity index (χ0v) is 12.4. The maximum absolute atomic E-state index is 6.27. The molecule has 1 heterocycles. The fraction of sp³-hybridized carbons (Fsp3) is 0.571. The van der Waals surface area contributed by atoms with Gasteiger partial charge in [0.15, 0.2) is 0 Å². The smallest absolute Gasteiger partial charge is 0.0468 e. The van der Waals surface area contributed by atoms with Crippen molar-refractivity contribution in [2.75, 3.05) is 19.6 Å². The zero-order valence-electron chi connectivity index (χ0n) is 10.9. The lowest BCUT2D eigenvalue weighted by Gasteiger charge is -2.28. The van der Waals surface area contributed by atoms with E-state index in [9.17, 15) is 0 Å². The Hall–Kier alpha value is -0.280. The monoisotopic (exact) mass is 286 g/mol. The lowest BCUT2D eigenvalue weighted by atomic mass is 9.90. The van der Waals surface area contributed by atoms with Gasteiger partial charge < -0.3 is 5.73 Å². The van der Waals surface area contributed by atoms with Gasteiger partial charge in [-0.2, -0.15) is 0 Å². The standard InChI is InChI=1S/C14H20Cl2N2/c1-10(12-4-3-11(15)7-13(12)16)18-6-5-14(2,8-17)9-18/h3-4,7,10H,5-6,8-9,17H2,1-2H3. The Balaban J connectivity index is 2.15. The Labute approximate surface area is 119 Å². The molecule has 2 N–H and O–H groups in total. The van der Waals surface area contributed by atoms with Crippen molar-refractivity contribution in [1.82, 2.24) is 4.90 Å². The highest BCUT2D eigenvalue weighted by Gasteiger charge is 2.35. The number of halogens is 2. The van der Waals surface area contributed by atoms with Crippen molar-refractivity contribution in [3.63, 3.8) is 0 Å². The first-order chi connectivity index (χ1) is 8.45. The summed E-state index contributed by atoms with van der Waals surface area (Å²) in [6, 6.07) is 6.04. The van der Waals surface area contributed by atoms with Crippen LogP contribution < -0.4 is 5.73 Å². The van der Waals surface area contributed by atoms with Crippen LogP contribution >= 0.6 is 23.2 Å². The first-order valence-electron chi connectivity index (χ1n) is 6.34. The van der Waals surface area contributed by atoms with Crippen molar-refractivity contribution in [1.29, 1.82) is 0 Å². The van der Waals surface area contributed by atoms with Gasteiger partial charge in [0.2, 0.25) is 0 Å². The fourth-order valence-electron chi connectivity index (χ4n) is 2.60. The van der Waals surface area contributed by atoms with Gasteiger partial charge >= 0.3 is 0 Å². The maximum Gasteiger partial charge on any atom is 0.0468 e. The van der Waals surface area contributed by atoms with Crippen molar-refractivity contribution < 1.29 is 0 Å². The van der Waals surface area contributed by atoms with Crippen molar-refractivity contribution in [3.05, 3.63) is 33.8 Å². The largest absolute Gasteiger partial charge is 0.330 e. The van der Waals surface area contributed by atoms with Gasteiger partial charge in [-0.3, -0.25) is 4.90 Å². The van der Waals surface area contributed by atoms with E-state index in [1.807, 2.05) is 18.2 Å². The molecule has 1 saturated heterocycles. The molecule has 2 rings (SSSR count). The molecule has 0 spiro atoms. The molecule has 18 heavy (non-hydrogen) atoms. The maximum atomic E-state index is 6.27. The Kier molecular flexibility index (Phi) is 4.22. The molecule has 1 aromatic carbocycles. The lowest BCUT2D eigenvalue weighted by molar-refractivity contribution is 0.227. The summed E-state index contributed by atoms with van der Waals surface area (Å²) >= 11 is 12.2. The summed E-state index contributed by atoms with van der Waals surface area (Å²) in [4.78, 5) is 2.45. The fourth-order valence-corrected chi connectivity index (χ4v) is 3.16. The third-order valence-electron chi connectivity index (χ3n) is 4.04. The highest BCUT2D eigenvalue weighted by molar-refractivity contribution is 6.35. The summed E-state index contributed by atoms with van der Waals surface area (Å²) in [7, 11) is 0. The number of benzene rings is 1. The van der Waals surface area contributed by atoms with Crippen molar-refractivity contribution in [3.8, 4) is 0 Å². The van der Waals surface area contributed by atoms with Crippen LogP contribution in [0.4, 0.5) is 0 Å². The molecule has 0 radical (unpaired) electrons. The molecule has 1 aliphatic heterocycles. The minimum Gasteiger partial charge on any atom is -0.330 e. The van der Waals surface area contributed by atoms with E-state index in [4.69, 9.17) is 28.9 Å². The summed E-state index contributed by atoms with van der Waals surface area (Å²) in [5.41, 5.74) is 7.23. The highest BCUT2D eigenvalue weighted by Crippen LogP contribution is 2.36. The normalized spacial score (nSPS) is 26.5. The molecule has 1 aliphatic rings. The molecule has 0 aromatic heterocycles. The quantitative estimate of drug-likeness (QED) is 0.918. The molecule has 0 amide bonds. The van der Waals surface area contributed by atoms with Crippen LogP contribution in [0.3, 0.4) is 0 Å². The van der Waals surface area contributed by atoms with Gasteiger partial charge in [0.05, 0.1) is 0 Å². The van der Waals surface area contributed by atoms with Crippen LogP contribution in [0.5, 0.6) is 0 Å². The van der Waals surface area contributed by atoms with E-state index in [1.54, 1.807) is 0 Å². The van der Waals surface area contributed by atoms with Gasteiger partial charge in [0.25, 0.3) is 0 Å². The molecule has 2 atom stereocenters. The van der Waals surface area contributed by atoms with E-state index in [0.717, 1.165) is 36.6 Å². The molecule has 0 bridgehead atoms. The average Bonchev–Trinajstić information content (AvgIpc) is 2.72. The second-order valence-corrected chi connectivity index (χ2v) is 6.42. The van der Waals surface area contributed by atoms with Crippen LogP contribution in [-0.2, 0) is 0 Å². The van der Waals surface area contributed by atoms with Gasteiger partial charge in [0, 0.05) is 22.6 Å². The summed E-state index contributed by atoms with van der Waals surface area (Å²) in [5.74, 6) is 0. The third-order valence-corrected chi connectivity index (χ3v) is 4.60. The van der Waals surface area contributed by atoms with Crippen LogP contribution in [0, 0.1) is 5.41 Å². The summed E-state index contributed by atoms with van der Waals surface area (Å²) in [6.07, 6.45) is 1.15. The molecule has 2 nitrogen and oxygen atoms in total. The summed E-state index contributed by atoms with van der Waals surface area (Å²) < 4.78 is 0. The van der Waals surface area contributed by atoms with Crippen molar-refractivity contribution >= 4 is 23.2 Å². The molecule has 0 aliphatic carbocycles. The van der Waals surface area contributed by atoms with E-state index in [2.05, 4.69) is 18.7 Å². The topological polar surface area (TPSA) is 29.3 Å². The molecule has 0 saturated carbocycles. The van der Waals surface area contributed by atoms with Crippen molar-refractivity contribution in [2.45, 2.75) is 26.3 Å². The number of hydrogen-bond donors (Lipinski definition) is 1. The van der Waals surface area contributed by atoms with Gasteiger partial charge in [-0.1, -0.05) is 36.2 Å². The van der Waals surface area contributed by atoms with Crippen LogP contribution in [0.1, 0.15) is 31.9 Å². The number of rotatable bonds is 3. The first kappa shape index (κ1) is 14.1. The number of likely N-dealkylation sites (tertiary alicyclic amines) is 1. The molecule has 1 aromatic rings. The SMILES string of the molecule is CC(c1ccc(Cl)cc1Cl)N1CCC(C)(CN)C1. The second kappa shape index (κ2) is 5.38. The van der Waals surface area contributed by atoms with Crippen LogP contribution in [0.25, 0.3) is 0 Å². The molecule has 4 heteroatoms. The summed E-state index contributed by atoms with van der Waals surface area (Å²) in [5, 5.41) is 1.43. The van der Waals surface area contributed by atoms with E-state index in [0.29, 0.717) is 11.1 Å². The predicted molar refractivity (Wildman–Crippen MR) is 78.2 cm³/mol. The number of hydrogen-bond acceptors (Lipinski definition) is 2. The lowest BCUT2D eigenvalue weighted by Crippen LogP contribution is -2.32. The van der Waals surface area contributed by atoms with Crippen LogP contribution in [-0.4, -0.2) is 24.5 Å². The highest BCUT2D eigenvalue weighted by atomic mass is 35.5. The van der Waals surface area contributed by atoms with Gasteiger partial charge in [-0.25, -0.2) is 0 Å². The van der Waals surface area contributed by atoms with E-state index in [1.165, 1.54) is 0 Å². The van der Waals surface area contributed by atoms with E-state index >= 15 is 0 Å². The molecule has 2 unspecified atom stereocenters. The molecular formula is C14H20Cl2N2. The van der Waals surface area contributed by atoms with Gasteiger partial charge in [-0.15, -0.1) is 0 Å². The van der Waals surface area contributed by atoms with Crippen LogP contribution in [0.2, 0.25) is 10.0 Å². The van der Waals surface area contributed by atoms with Crippen LogP contribution in [0.15, 0.2) is 18.2 Å². The van der Waals surface area contributed by atoms with Gasteiger partial charge in [-0.05, 0) is 49.5 Å².